The molecule has 0 saturated heterocycles. The fourth-order valence-electron chi connectivity index (χ4n) is 1.74. The maximum absolute atomic E-state index is 11.7. The third-order valence-electron chi connectivity index (χ3n) is 2.82. The molecule has 3 aromatic rings. The molecule has 0 aromatic heterocycles. The Morgan fingerprint density at radius 3 is 1.59 bits per heavy atom. The molecular formula is C19H17NO2. The van der Waals surface area contributed by atoms with Crippen LogP contribution in [0.4, 0.5) is 5.69 Å². The lowest BCUT2D eigenvalue weighted by atomic mass is 10.2. The minimum Gasteiger partial charge on any atom is -0.508 e. The van der Waals surface area contributed by atoms with Crippen molar-refractivity contribution in [1.82, 2.24) is 0 Å². The van der Waals surface area contributed by atoms with Crippen LogP contribution in [-0.2, 0) is 0 Å². The second kappa shape index (κ2) is 8.27. The number of carbonyl (C=O) groups excluding carboxylic acids is 1. The molecule has 0 fully saturated rings. The largest absolute Gasteiger partial charge is 0.508 e. The van der Waals surface area contributed by atoms with Crippen LogP contribution in [0, 0.1) is 0 Å². The number of hydrogen-bond acceptors (Lipinski definition) is 2. The molecule has 2 N–H and O–H groups in total. The third-order valence-corrected chi connectivity index (χ3v) is 2.82. The van der Waals surface area contributed by atoms with Gasteiger partial charge in [0, 0.05) is 11.3 Å². The summed E-state index contributed by atoms with van der Waals surface area (Å²) >= 11 is 0. The molecule has 0 heterocycles. The monoisotopic (exact) mass is 291 g/mol. The fourth-order valence-corrected chi connectivity index (χ4v) is 1.74. The van der Waals surface area contributed by atoms with E-state index in [0.717, 1.165) is 5.69 Å². The molecule has 0 aliphatic heterocycles. The van der Waals surface area contributed by atoms with Crippen molar-refractivity contribution in [1.29, 1.82) is 0 Å². The van der Waals surface area contributed by atoms with Gasteiger partial charge in [0.2, 0.25) is 0 Å². The molecule has 110 valence electrons. The Morgan fingerprint density at radius 1 is 0.682 bits per heavy atom. The number of phenolic OH excluding ortho intramolecular Hbond substituents is 1. The molecule has 0 atom stereocenters. The number of amides is 1. The van der Waals surface area contributed by atoms with Gasteiger partial charge in [-0.25, -0.2) is 0 Å². The van der Waals surface area contributed by atoms with Crippen molar-refractivity contribution in [2.24, 2.45) is 0 Å². The van der Waals surface area contributed by atoms with E-state index in [1.54, 1.807) is 36.4 Å². The quantitative estimate of drug-likeness (QED) is 0.738. The second-order valence-electron chi connectivity index (χ2n) is 4.52. The lowest BCUT2D eigenvalue weighted by molar-refractivity contribution is 0.102. The van der Waals surface area contributed by atoms with Crippen LogP contribution in [0.1, 0.15) is 10.4 Å². The van der Waals surface area contributed by atoms with E-state index in [-0.39, 0.29) is 5.91 Å². The van der Waals surface area contributed by atoms with Crippen molar-refractivity contribution in [3.05, 3.63) is 96.6 Å². The molecule has 0 spiro atoms. The number of phenols is 1. The van der Waals surface area contributed by atoms with Gasteiger partial charge in [0.25, 0.3) is 5.91 Å². The zero-order chi connectivity index (χ0) is 15.6. The summed E-state index contributed by atoms with van der Waals surface area (Å²) in [7, 11) is 0. The van der Waals surface area contributed by atoms with E-state index in [4.69, 9.17) is 5.11 Å². The minimum atomic E-state index is -0.0817. The van der Waals surface area contributed by atoms with Crippen LogP contribution < -0.4 is 5.32 Å². The lowest BCUT2D eigenvalue weighted by Gasteiger charge is -2.03. The zero-order valence-electron chi connectivity index (χ0n) is 12.0. The predicted molar refractivity (Wildman–Crippen MR) is 88.9 cm³/mol. The maximum atomic E-state index is 11.7. The van der Waals surface area contributed by atoms with E-state index in [9.17, 15) is 4.79 Å². The fraction of sp³-hybridized carbons (Fsp3) is 0. The summed E-state index contributed by atoms with van der Waals surface area (Å²) in [6.07, 6.45) is 0. The number of hydrogen-bond donors (Lipinski definition) is 2. The summed E-state index contributed by atoms with van der Waals surface area (Å²) in [6.45, 7) is 0. The van der Waals surface area contributed by atoms with E-state index in [0.29, 0.717) is 11.3 Å². The first-order valence-corrected chi connectivity index (χ1v) is 6.91. The molecule has 1 amide bonds. The first-order chi connectivity index (χ1) is 10.8. The van der Waals surface area contributed by atoms with Crippen LogP contribution >= 0.6 is 0 Å². The average molecular weight is 291 g/mol. The van der Waals surface area contributed by atoms with E-state index in [1.807, 2.05) is 54.6 Å². The summed E-state index contributed by atoms with van der Waals surface area (Å²) in [5, 5.41) is 11.5. The van der Waals surface area contributed by atoms with Crippen molar-refractivity contribution in [3.8, 4) is 5.75 Å². The van der Waals surface area contributed by atoms with Crippen LogP contribution in [0.15, 0.2) is 91.0 Å². The van der Waals surface area contributed by atoms with Crippen LogP contribution in [0.2, 0.25) is 0 Å². The van der Waals surface area contributed by atoms with Crippen LogP contribution in [-0.4, -0.2) is 11.0 Å². The van der Waals surface area contributed by atoms with Crippen molar-refractivity contribution >= 4 is 11.6 Å². The summed E-state index contributed by atoms with van der Waals surface area (Å²) in [5.74, 6) is 0.240. The number of aromatic hydroxyl groups is 1. The molecular weight excluding hydrogens is 274 g/mol. The molecule has 22 heavy (non-hydrogen) atoms. The number of nitrogens with one attached hydrogen (secondary N) is 1. The Morgan fingerprint density at radius 2 is 1.14 bits per heavy atom. The van der Waals surface area contributed by atoms with Crippen molar-refractivity contribution < 1.29 is 9.90 Å². The standard InChI is InChI=1S/C13H11NO.C6H6O/c15-13(11-7-3-1-4-8-11)14-12-9-5-2-6-10-12;7-6-4-2-1-3-5-6/h1-10H,(H,14,15);1-5,7H. The van der Waals surface area contributed by atoms with Gasteiger partial charge < -0.3 is 10.4 Å². The Bertz CT molecular complexity index is 682. The van der Waals surface area contributed by atoms with Crippen molar-refractivity contribution in [3.63, 3.8) is 0 Å². The number of anilines is 1. The van der Waals surface area contributed by atoms with E-state index in [1.165, 1.54) is 0 Å². The molecule has 3 nitrogen and oxygen atoms in total. The topological polar surface area (TPSA) is 49.3 Å². The highest BCUT2D eigenvalue weighted by Crippen LogP contribution is 2.08. The Kier molecular flexibility index (Phi) is 5.76. The maximum Gasteiger partial charge on any atom is 0.255 e. The minimum absolute atomic E-state index is 0.0817. The number of para-hydroxylation sites is 2. The smallest absolute Gasteiger partial charge is 0.255 e. The van der Waals surface area contributed by atoms with Crippen LogP contribution in [0.3, 0.4) is 0 Å². The second-order valence-corrected chi connectivity index (χ2v) is 4.52. The Balaban J connectivity index is 0.000000211. The molecule has 0 aliphatic rings. The van der Waals surface area contributed by atoms with Gasteiger partial charge in [-0.05, 0) is 36.4 Å². The van der Waals surface area contributed by atoms with Gasteiger partial charge in [0.1, 0.15) is 5.75 Å². The van der Waals surface area contributed by atoms with Crippen LogP contribution in [0.25, 0.3) is 0 Å². The SMILES string of the molecule is O=C(Nc1ccccc1)c1ccccc1.Oc1ccccc1. The highest BCUT2D eigenvalue weighted by Gasteiger charge is 2.03. The Hall–Kier alpha value is -3.07. The lowest BCUT2D eigenvalue weighted by Crippen LogP contribution is -2.11. The number of rotatable bonds is 2. The molecule has 0 radical (unpaired) electrons. The van der Waals surface area contributed by atoms with Crippen molar-refractivity contribution in [2.75, 3.05) is 5.32 Å². The van der Waals surface area contributed by atoms with Gasteiger partial charge in [-0.15, -0.1) is 0 Å². The number of benzene rings is 3. The van der Waals surface area contributed by atoms with Crippen molar-refractivity contribution in [2.45, 2.75) is 0 Å². The van der Waals surface area contributed by atoms with Gasteiger partial charge in [0.15, 0.2) is 0 Å². The molecule has 3 heteroatoms. The number of carbonyl (C=O) groups is 1. The average Bonchev–Trinajstić information content (AvgIpc) is 2.58. The molecule has 3 rings (SSSR count). The van der Waals surface area contributed by atoms with Gasteiger partial charge >= 0.3 is 0 Å². The first kappa shape index (κ1) is 15.3. The highest BCUT2D eigenvalue weighted by atomic mass is 16.3. The molecule has 3 aromatic carbocycles. The molecule has 0 bridgehead atoms. The van der Waals surface area contributed by atoms with E-state index in [2.05, 4.69) is 5.32 Å². The summed E-state index contributed by atoms with van der Waals surface area (Å²) in [4.78, 5) is 11.7. The van der Waals surface area contributed by atoms with Gasteiger partial charge in [-0.2, -0.15) is 0 Å². The summed E-state index contributed by atoms with van der Waals surface area (Å²) in [5.41, 5.74) is 1.48. The predicted octanol–water partition coefficient (Wildman–Crippen LogP) is 4.33. The Labute approximate surface area is 129 Å². The van der Waals surface area contributed by atoms with Gasteiger partial charge in [-0.3, -0.25) is 4.79 Å². The van der Waals surface area contributed by atoms with E-state index < -0.39 is 0 Å². The van der Waals surface area contributed by atoms with E-state index >= 15 is 0 Å². The first-order valence-electron chi connectivity index (χ1n) is 6.91. The van der Waals surface area contributed by atoms with Crippen LogP contribution in [0.5, 0.6) is 5.75 Å². The summed E-state index contributed by atoms with van der Waals surface area (Å²) < 4.78 is 0. The third kappa shape index (κ3) is 5.13. The van der Waals surface area contributed by atoms with Gasteiger partial charge in [0.05, 0.1) is 0 Å². The summed E-state index contributed by atoms with van der Waals surface area (Å²) in [6, 6.07) is 27.3. The van der Waals surface area contributed by atoms with Gasteiger partial charge in [-0.1, -0.05) is 54.6 Å². The highest BCUT2D eigenvalue weighted by molar-refractivity contribution is 6.04. The zero-order valence-corrected chi connectivity index (χ0v) is 12.0. The molecule has 0 aliphatic carbocycles. The molecule has 0 saturated carbocycles. The molecule has 0 unspecified atom stereocenters. The normalized spacial score (nSPS) is 9.27.